The zero-order chi connectivity index (χ0) is 16.5. The van der Waals surface area contributed by atoms with Gasteiger partial charge in [0.15, 0.2) is 5.13 Å². The highest BCUT2D eigenvalue weighted by molar-refractivity contribution is 7.15. The maximum absolute atomic E-state index is 12.1. The number of hydrogen-bond acceptors (Lipinski definition) is 6. The Hall–Kier alpha value is -1.51. The van der Waals surface area contributed by atoms with Gasteiger partial charge in [0.25, 0.3) is 0 Å². The molecule has 0 aliphatic carbocycles. The van der Waals surface area contributed by atoms with Gasteiger partial charge in [-0.3, -0.25) is 9.59 Å². The smallest absolute Gasteiger partial charge is 0.249 e. The van der Waals surface area contributed by atoms with Crippen molar-refractivity contribution in [2.24, 2.45) is 0 Å². The number of carbonyl (C=O) groups is 2. The molecule has 0 fully saturated rings. The van der Waals surface area contributed by atoms with Gasteiger partial charge in [0, 0.05) is 32.2 Å². The summed E-state index contributed by atoms with van der Waals surface area (Å²) in [4.78, 5) is 30.8. The van der Waals surface area contributed by atoms with Crippen molar-refractivity contribution in [2.75, 3.05) is 45.8 Å². The number of thiazole rings is 1. The van der Waals surface area contributed by atoms with Gasteiger partial charge < -0.3 is 19.7 Å². The molecule has 1 N–H and O–H groups in total. The maximum atomic E-state index is 12.1. The van der Waals surface area contributed by atoms with Crippen molar-refractivity contribution in [3.63, 3.8) is 0 Å². The van der Waals surface area contributed by atoms with Crippen molar-refractivity contribution in [1.82, 2.24) is 9.88 Å². The Morgan fingerprint density at radius 1 is 1.27 bits per heavy atom. The Kier molecular flexibility index (Phi) is 8.00. The summed E-state index contributed by atoms with van der Waals surface area (Å²) in [6.07, 6.45) is 0.661. The standard InChI is InChI=1S/C14H23N3O4S/c1-10-11(2)22-14(15-10)16-12(18)8-17(6-5-7-20-3)13(19)9-21-4/h5-9H2,1-4H3,(H,15,16,18). The lowest BCUT2D eigenvalue weighted by Crippen LogP contribution is -2.40. The molecule has 1 aromatic rings. The van der Waals surface area contributed by atoms with Crippen LogP contribution in [0.25, 0.3) is 0 Å². The highest BCUT2D eigenvalue weighted by atomic mass is 32.1. The monoisotopic (exact) mass is 329 g/mol. The summed E-state index contributed by atoms with van der Waals surface area (Å²) < 4.78 is 9.82. The summed E-state index contributed by atoms with van der Waals surface area (Å²) in [6, 6.07) is 0. The molecule has 0 aliphatic rings. The van der Waals surface area contributed by atoms with Gasteiger partial charge >= 0.3 is 0 Å². The lowest BCUT2D eigenvalue weighted by atomic mass is 10.3. The fourth-order valence-corrected chi connectivity index (χ4v) is 2.60. The van der Waals surface area contributed by atoms with E-state index in [-0.39, 0.29) is 25.0 Å². The molecule has 0 saturated heterocycles. The van der Waals surface area contributed by atoms with Crippen LogP contribution >= 0.6 is 11.3 Å². The summed E-state index contributed by atoms with van der Waals surface area (Å²) in [5.41, 5.74) is 0.896. The van der Waals surface area contributed by atoms with Crippen LogP contribution in [-0.2, 0) is 19.1 Å². The van der Waals surface area contributed by atoms with E-state index in [4.69, 9.17) is 9.47 Å². The van der Waals surface area contributed by atoms with Crippen LogP contribution in [0.3, 0.4) is 0 Å². The second-order valence-corrected chi connectivity index (χ2v) is 6.01. The summed E-state index contributed by atoms with van der Waals surface area (Å²) >= 11 is 1.42. The molecule has 1 aromatic heterocycles. The predicted molar refractivity (Wildman–Crippen MR) is 85.2 cm³/mol. The largest absolute Gasteiger partial charge is 0.385 e. The van der Waals surface area contributed by atoms with E-state index in [2.05, 4.69) is 10.3 Å². The Morgan fingerprint density at radius 2 is 2.00 bits per heavy atom. The van der Waals surface area contributed by atoms with Crippen molar-refractivity contribution < 1.29 is 19.1 Å². The van der Waals surface area contributed by atoms with Crippen LogP contribution in [0.1, 0.15) is 17.0 Å². The van der Waals surface area contributed by atoms with Crippen LogP contribution in [0.15, 0.2) is 0 Å². The van der Waals surface area contributed by atoms with Gasteiger partial charge in [0.1, 0.15) is 6.61 Å². The van der Waals surface area contributed by atoms with E-state index in [0.29, 0.717) is 24.7 Å². The SMILES string of the molecule is COCCCN(CC(=O)Nc1nc(C)c(C)s1)C(=O)COC. The van der Waals surface area contributed by atoms with E-state index in [1.165, 1.54) is 23.3 Å². The third-order valence-corrected chi connectivity index (χ3v) is 3.99. The molecule has 0 aliphatic heterocycles. The van der Waals surface area contributed by atoms with E-state index in [9.17, 15) is 9.59 Å². The second kappa shape index (κ2) is 9.50. The minimum atomic E-state index is -0.268. The van der Waals surface area contributed by atoms with Crippen molar-refractivity contribution in [2.45, 2.75) is 20.3 Å². The number of carbonyl (C=O) groups excluding carboxylic acids is 2. The topological polar surface area (TPSA) is 80.8 Å². The molecule has 0 aromatic carbocycles. The summed E-state index contributed by atoms with van der Waals surface area (Å²) in [6.45, 7) is 4.74. The highest BCUT2D eigenvalue weighted by Crippen LogP contribution is 2.20. The zero-order valence-corrected chi connectivity index (χ0v) is 14.3. The second-order valence-electron chi connectivity index (χ2n) is 4.80. The average molecular weight is 329 g/mol. The molecule has 1 heterocycles. The number of aromatic nitrogens is 1. The number of nitrogens with one attached hydrogen (secondary N) is 1. The molecule has 0 radical (unpaired) electrons. The average Bonchev–Trinajstić information content (AvgIpc) is 2.76. The molecule has 0 saturated carbocycles. The van der Waals surface area contributed by atoms with E-state index in [1.54, 1.807) is 7.11 Å². The number of aryl methyl sites for hydroxylation is 2. The first-order valence-corrected chi connectivity index (χ1v) is 7.79. The lowest BCUT2D eigenvalue weighted by Gasteiger charge is -2.21. The fraction of sp³-hybridized carbons (Fsp3) is 0.643. The lowest BCUT2D eigenvalue weighted by molar-refractivity contribution is -0.138. The zero-order valence-electron chi connectivity index (χ0n) is 13.5. The molecule has 0 bridgehead atoms. The van der Waals surface area contributed by atoms with E-state index in [1.807, 2.05) is 13.8 Å². The molecule has 8 heteroatoms. The molecule has 0 unspecified atom stereocenters. The van der Waals surface area contributed by atoms with Crippen LogP contribution in [0.5, 0.6) is 0 Å². The fourth-order valence-electron chi connectivity index (χ4n) is 1.76. The van der Waals surface area contributed by atoms with Crippen LogP contribution in [-0.4, -0.2) is 62.2 Å². The number of rotatable bonds is 9. The Balaban J connectivity index is 2.58. The van der Waals surface area contributed by atoms with Crippen molar-refractivity contribution >= 4 is 28.3 Å². The number of methoxy groups -OCH3 is 2. The highest BCUT2D eigenvalue weighted by Gasteiger charge is 2.17. The van der Waals surface area contributed by atoms with E-state index >= 15 is 0 Å². The van der Waals surface area contributed by atoms with Crippen LogP contribution in [0, 0.1) is 13.8 Å². The number of amides is 2. The molecule has 124 valence electrons. The first-order chi connectivity index (χ1) is 10.5. The molecule has 22 heavy (non-hydrogen) atoms. The van der Waals surface area contributed by atoms with Crippen LogP contribution in [0.2, 0.25) is 0 Å². The summed E-state index contributed by atoms with van der Waals surface area (Å²) in [5.74, 6) is -0.490. The van der Waals surface area contributed by atoms with E-state index in [0.717, 1.165) is 10.6 Å². The van der Waals surface area contributed by atoms with Gasteiger partial charge in [-0.15, -0.1) is 11.3 Å². The minimum absolute atomic E-state index is 0.0242. The first-order valence-electron chi connectivity index (χ1n) is 6.97. The summed E-state index contributed by atoms with van der Waals surface area (Å²) in [7, 11) is 3.05. The van der Waals surface area contributed by atoms with Gasteiger partial charge in [-0.1, -0.05) is 0 Å². The molecular formula is C14H23N3O4S. The Morgan fingerprint density at radius 3 is 2.55 bits per heavy atom. The summed E-state index contributed by atoms with van der Waals surface area (Å²) in [5, 5.41) is 3.28. The number of ether oxygens (including phenoxy) is 2. The van der Waals surface area contributed by atoms with Gasteiger partial charge in [-0.05, 0) is 20.3 Å². The van der Waals surface area contributed by atoms with Crippen LogP contribution < -0.4 is 5.32 Å². The van der Waals surface area contributed by atoms with Gasteiger partial charge in [0.05, 0.1) is 12.2 Å². The molecule has 1 rings (SSSR count). The predicted octanol–water partition coefficient (Wildman–Crippen LogP) is 1.21. The molecular weight excluding hydrogens is 306 g/mol. The molecule has 0 spiro atoms. The van der Waals surface area contributed by atoms with Crippen molar-refractivity contribution in [1.29, 1.82) is 0 Å². The number of hydrogen-bond donors (Lipinski definition) is 1. The molecule has 0 atom stereocenters. The Bertz CT molecular complexity index is 485. The number of nitrogens with zero attached hydrogens (tertiary/aromatic N) is 2. The van der Waals surface area contributed by atoms with Crippen LogP contribution in [0.4, 0.5) is 5.13 Å². The minimum Gasteiger partial charge on any atom is -0.385 e. The quantitative estimate of drug-likeness (QED) is 0.689. The molecule has 2 amide bonds. The van der Waals surface area contributed by atoms with Gasteiger partial charge in [-0.2, -0.15) is 0 Å². The maximum Gasteiger partial charge on any atom is 0.249 e. The first kappa shape index (κ1) is 18.5. The van der Waals surface area contributed by atoms with Gasteiger partial charge in [-0.25, -0.2) is 4.98 Å². The van der Waals surface area contributed by atoms with Crippen molar-refractivity contribution in [3.05, 3.63) is 10.6 Å². The Labute approximate surface area is 134 Å². The third kappa shape index (κ3) is 6.08. The normalized spacial score (nSPS) is 10.5. The van der Waals surface area contributed by atoms with Crippen molar-refractivity contribution in [3.8, 4) is 0 Å². The van der Waals surface area contributed by atoms with Gasteiger partial charge in [0.2, 0.25) is 11.8 Å². The number of anilines is 1. The van der Waals surface area contributed by atoms with E-state index < -0.39 is 0 Å². The molecule has 7 nitrogen and oxygen atoms in total. The third-order valence-electron chi connectivity index (χ3n) is 3.01.